The maximum Gasteiger partial charge on any atom is 0.274 e. The first-order valence-electron chi connectivity index (χ1n) is 6.92. The fraction of sp³-hybridized carbons (Fsp3) is 0.571. The first-order chi connectivity index (χ1) is 9.69. The molecule has 0 aliphatic carbocycles. The molecule has 0 radical (unpaired) electrons. The number of rotatable bonds is 5. The molecule has 1 N–H and O–H groups in total. The van der Waals surface area contributed by atoms with Gasteiger partial charge in [0.25, 0.3) is 5.69 Å². The van der Waals surface area contributed by atoms with E-state index in [0.717, 1.165) is 18.7 Å². The van der Waals surface area contributed by atoms with Crippen molar-refractivity contribution in [3.63, 3.8) is 0 Å². The van der Waals surface area contributed by atoms with Crippen LogP contribution in [0.5, 0.6) is 0 Å². The molecule has 0 saturated carbocycles. The lowest BCUT2D eigenvalue weighted by molar-refractivity contribution is -0.386. The number of morpholine rings is 1. The zero-order valence-electron chi connectivity index (χ0n) is 11.9. The first kappa shape index (κ1) is 14.9. The molecule has 1 aromatic rings. The SMILES string of the molecule is CCN1CCOC(CNC)C1c1ccccc1[N+](=O)[O-]. The highest BCUT2D eigenvalue weighted by atomic mass is 16.6. The number of likely N-dealkylation sites (N-methyl/N-ethyl adjacent to an activating group) is 2. The molecule has 110 valence electrons. The highest BCUT2D eigenvalue weighted by Crippen LogP contribution is 2.34. The minimum Gasteiger partial charge on any atom is -0.374 e. The van der Waals surface area contributed by atoms with Crippen LogP contribution in [-0.2, 0) is 4.74 Å². The molecule has 0 spiro atoms. The van der Waals surface area contributed by atoms with Crippen LogP contribution in [0.3, 0.4) is 0 Å². The van der Waals surface area contributed by atoms with Crippen LogP contribution in [0.4, 0.5) is 5.69 Å². The fourth-order valence-corrected chi connectivity index (χ4v) is 2.81. The third-order valence-corrected chi connectivity index (χ3v) is 3.72. The Kier molecular flexibility index (Phi) is 5.05. The Hall–Kier alpha value is -1.50. The standard InChI is InChI=1S/C14H21N3O3/c1-3-16-8-9-20-13(10-15-2)14(16)11-6-4-5-7-12(11)17(18)19/h4-7,13-15H,3,8-10H2,1-2H3. The number of benzene rings is 1. The van der Waals surface area contributed by atoms with E-state index in [9.17, 15) is 10.1 Å². The number of hydrogen-bond acceptors (Lipinski definition) is 5. The molecule has 2 rings (SSSR count). The van der Waals surface area contributed by atoms with Crippen LogP contribution >= 0.6 is 0 Å². The summed E-state index contributed by atoms with van der Waals surface area (Å²) in [6.45, 7) is 5.06. The number of hydrogen-bond donors (Lipinski definition) is 1. The van der Waals surface area contributed by atoms with Gasteiger partial charge in [-0.2, -0.15) is 0 Å². The van der Waals surface area contributed by atoms with Crippen molar-refractivity contribution in [2.75, 3.05) is 33.3 Å². The van der Waals surface area contributed by atoms with Crippen molar-refractivity contribution in [2.45, 2.75) is 19.1 Å². The Morgan fingerprint density at radius 2 is 2.25 bits per heavy atom. The van der Waals surface area contributed by atoms with Gasteiger partial charge in [-0.3, -0.25) is 15.0 Å². The zero-order valence-corrected chi connectivity index (χ0v) is 11.9. The molecule has 20 heavy (non-hydrogen) atoms. The van der Waals surface area contributed by atoms with E-state index < -0.39 is 0 Å². The largest absolute Gasteiger partial charge is 0.374 e. The smallest absolute Gasteiger partial charge is 0.274 e. The van der Waals surface area contributed by atoms with Crippen molar-refractivity contribution in [3.8, 4) is 0 Å². The second-order valence-corrected chi connectivity index (χ2v) is 4.86. The van der Waals surface area contributed by atoms with E-state index in [0.29, 0.717) is 13.2 Å². The van der Waals surface area contributed by atoms with E-state index in [1.54, 1.807) is 12.1 Å². The minimum atomic E-state index is -0.311. The molecule has 1 aromatic carbocycles. The third-order valence-electron chi connectivity index (χ3n) is 3.72. The van der Waals surface area contributed by atoms with Crippen molar-refractivity contribution in [3.05, 3.63) is 39.9 Å². The molecule has 2 unspecified atom stereocenters. The predicted molar refractivity (Wildman–Crippen MR) is 76.8 cm³/mol. The summed E-state index contributed by atoms with van der Waals surface area (Å²) in [6.07, 6.45) is -0.0743. The van der Waals surface area contributed by atoms with Gasteiger partial charge in [-0.1, -0.05) is 25.1 Å². The highest BCUT2D eigenvalue weighted by Gasteiger charge is 2.36. The molecule has 6 nitrogen and oxygen atoms in total. The van der Waals surface area contributed by atoms with Crippen LogP contribution in [0.25, 0.3) is 0 Å². The van der Waals surface area contributed by atoms with Gasteiger partial charge in [0.15, 0.2) is 0 Å². The lowest BCUT2D eigenvalue weighted by Gasteiger charge is -2.40. The maximum atomic E-state index is 11.3. The molecule has 0 bridgehead atoms. The third kappa shape index (κ3) is 2.98. The van der Waals surface area contributed by atoms with Crippen molar-refractivity contribution < 1.29 is 9.66 Å². The molecular weight excluding hydrogens is 258 g/mol. The highest BCUT2D eigenvalue weighted by molar-refractivity contribution is 5.42. The molecule has 1 heterocycles. The number of para-hydroxylation sites is 1. The van der Waals surface area contributed by atoms with Crippen LogP contribution < -0.4 is 5.32 Å². The second-order valence-electron chi connectivity index (χ2n) is 4.86. The average molecular weight is 279 g/mol. The van der Waals surface area contributed by atoms with E-state index in [1.807, 2.05) is 19.2 Å². The number of nitro benzene ring substituents is 1. The van der Waals surface area contributed by atoms with Crippen LogP contribution in [0, 0.1) is 10.1 Å². The lowest BCUT2D eigenvalue weighted by atomic mass is 9.96. The molecule has 2 atom stereocenters. The average Bonchev–Trinajstić information content (AvgIpc) is 2.47. The Morgan fingerprint density at radius 1 is 1.50 bits per heavy atom. The molecule has 0 aromatic heterocycles. The van der Waals surface area contributed by atoms with Crippen LogP contribution in [-0.4, -0.2) is 49.2 Å². The zero-order chi connectivity index (χ0) is 14.5. The Labute approximate surface area is 118 Å². The van der Waals surface area contributed by atoms with Gasteiger partial charge in [0, 0.05) is 24.7 Å². The quantitative estimate of drug-likeness (QED) is 0.654. The Bertz CT molecular complexity index is 465. The molecular formula is C14H21N3O3. The molecule has 1 aliphatic heterocycles. The first-order valence-corrected chi connectivity index (χ1v) is 6.92. The van der Waals surface area contributed by atoms with Gasteiger partial charge < -0.3 is 10.1 Å². The van der Waals surface area contributed by atoms with Gasteiger partial charge in [0.2, 0.25) is 0 Å². The molecule has 1 aliphatic rings. The molecule has 1 saturated heterocycles. The van der Waals surface area contributed by atoms with Crippen LogP contribution in [0.15, 0.2) is 24.3 Å². The summed E-state index contributed by atoms with van der Waals surface area (Å²) in [5.41, 5.74) is 0.904. The number of nitrogens with zero attached hydrogens (tertiary/aromatic N) is 2. The summed E-state index contributed by atoms with van der Waals surface area (Å²) < 4.78 is 5.83. The molecule has 1 fully saturated rings. The maximum absolute atomic E-state index is 11.3. The minimum absolute atomic E-state index is 0.0743. The predicted octanol–water partition coefficient (Wildman–Crippen LogP) is 1.58. The van der Waals surface area contributed by atoms with Crippen LogP contribution in [0.1, 0.15) is 18.5 Å². The van der Waals surface area contributed by atoms with Crippen molar-refractivity contribution in [1.29, 1.82) is 0 Å². The lowest BCUT2D eigenvalue weighted by Crippen LogP contribution is -2.48. The van der Waals surface area contributed by atoms with Gasteiger partial charge in [-0.25, -0.2) is 0 Å². The van der Waals surface area contributed by atoms with Gasteiger partial charge in [0.05, 0.1) is 23.7 Å². The van der Waals surface area contributed by atoms with Gasteiger partial charge in [-0.15, -0.1) is 0 Å². The molecule has 6 heteroatoms. The van der Waals surface area contributed by atoms with Crippen molar-refractivity contribution >= 4 is 5.69 Å². The summed E-state index contributed by atoms with van der Waals surface area (Å²) in [6, 6.07) is 6.87. The summed E-state index contributed by atoms with van der Waals surface area (Å²) in [5.74, 6) is 0. The number of nitrogens with one attached hydrogen (secondary N) is 1. The Balaban J connectivity index is 2.40. The number of ether oxygens (including phenoxy) is 1. The normalized spacial score (nSPS) is 23.7. The van der Waals surface area contributed by atoms with Crippen LogP contribution in [0.2, 0.25) is 0 Å². The number of nitro groups is 1. The fourth-order valence-electron chi connectivity index (χ4n) is 2.81. The summed E-state index contributed by atoms with van der Waals surface area (Å²) in [7, 11) is 1.87. The monoisotopic (exact) mass is 279 g/mol. The van der Waals surface area contributed by atoms with E-state index in [2.05, 4.69) is 17.1 Å². The van der Waals surface area contributed by atoms with E-state index in [4.69, 9.17) is 4.74 Å². The van der Waals surface area contributed by atoms with Crippen molar-refractivity contribution in [2.24, 2.45) is 0 Å². The van der Waals surface area contributed by atoms with E-state index in [-0.39, 0.29) is 22.8 Å². The Morgan fingerprint density at radius 3 is 2.90 bits per heavy atom. The van der Waals surface area contributed by atoms with Crippen molar-refractivity contribution in [1.82, 2.24) is 10.2 Å². The van der Waals surface area contributed by atoms with E-state index >= 15 is 0 Å². The summed E-state index contributed by atoms with van der Waals surface area (Å²) in [5, 5.41) is 14.4. The topological polar surface area (TPSA) is 67.6 Å². The van der Waals surface area contributed by atoms with Gasteiger partial charge in [-0.05, 0) is 13.6 Å². The molecule has 0 amide bonds. The summed E-state index contributed by atoms with van der Waals surface area (Å²) in [4.78, 5) is 13.2. The summed E-state index contributed by atoms with van der Waals surface area (Å²) >= 11 is 0. The van der Waals surface area contributed by atoms with Gasteiger partial charge in [0.1, 0.15) is 0 Å². The second kappa shape index (κ2) is 6.78. The van der Waals surface area contributed by atoms with Gasteiger partial charge >= 0.3 is 0 Å². The van der Waals surface area contributed by atoms with E-state index in [1.165, 1.54) is 0 Å².